The molecule has 0 aliphatic carbocycles. The van der Waals surface area contributed by atoms with Crippen LogP contribution >= 0.6 is 11.6 Å². The summed E-state index contributed by atoms with van der Waals surface area (Å²) in [4.78, 5) is 0.0138. The highest BCUT2D eigenvalue weighted by Crippen LogP contribution is 2.34. The molecule has 25 heavy (non-hydrogen) atoms. The van der Waals surface area contributed by atoms with E-state index >= 15 is 0 Å². The molecule has 2 N–H and O–H groups in total. The molecule has 0 saturated carbocycles. The van der Waals surface area contributed by atoms with Crippen molar-refractivity contribution in [1.82, 2.24) is 9.78 Å². The summed E-state index contributed by atoms with van der Waals surface area (Å²) in [6.07, 6.45) is 1.75. The first-order chi connectivity index (χ1) is 11.9. The second kappa shape index (κ2) is 6.73. The van der Waals surface area contributed by atoms with E-state index in [1.165, 1.54) is 10.7 Å². The molecule has 0 amide bonds. The Bertz CT molecular complexity index is 1090. The van der Waals surface area contributed by atoms with Gasteiger partial charge in [-0.15, -0.1) is 0 Å². The lowest BCUT2D eigenvalue weighted by atomic mass is 10.0. The van der Waals surface area contributed by atoms with Crippen molar-refractivity contribution in [3.8, 4) is 34.3 Å². The van der Waals surface area contributed by atoms with E-state index in [-0.39, 0.29) is 4.90 Å². The van der Waals surface area contributed by atoms with Crippen molar-refractivity contribution in [1.29, 1.82) is 0 Å². The number of sulfonamides is 1. The fourth-order valence-corrected chi connectivity index (χ4v) is 3.36. The average Bonchev–Trinajstić information content (AvgIpc) is 2.99. The zero-order valence-corrected chi connectivity index (χ0v) is 14.8. The highest BCUT2D eigenvalue weighted by Gasteiger charge is 2.20. The van der Waals surface area contributed by atoms with Crippen molar-refractivity contribution in [3.63, 3.8) is 0 Å². The third-order valence-corrected chi connectivity index (χ3v) is 4.77. The predicted molar refractivity (Wildman–Crippen MR) is 98.3 cm³/mol. The van der Waals surface area contributed by atoms with E-state index in [9.17, 15) is 8.42 Å². The molecule has 0 fully saturated rings. The lowest BCUT2D eigenvalue weighted by Gasteiger charge is -2.07. The number of primary sulfonamides is 1. The Morgan fingerprint density at radius 2 is 1.76 bits per heavy atom. The van der Waals surface area contributed by atoms with Gasteiger partial charge in [-0.05, 0) is 30.7 Å². The summed E-state index contributed by atoms with van der Waals surface area (Å²) in [7, 11) is -3.90. The molecule has 5 nitrogen and oxygen atoms in total. The van der Waals surface area contributed by atoms with E-state index in [4.69, 9.17) is 16.7 Å². The number of nitrogens with zero attached hydrogens (tertiary/aromatic N) is 2. The number of hydrogen-bond acceptors (Lipinski definition) is 3. The van der Waals surface area contributed by atoms with Gasteiger partial charge in [0.1, 0.15) is 5.69 Å². The molecule has 0 atom stereocenters. The third-order valence-electron chi connectivity index (χ3n) is 3.54. The number of nitrogens with two attached hydrogens (primary N) is 1. The van der Waals surface area contributed by atoms with Crippen LogP contribution in [-0.2, 0) is 10.0 Å². The number of halogens is 1. The lowest BCUT2D eigenvalue weighted by molar-refractivity contribution is 0.598. The molecule has 1 aromatic heterocycles. The largest absolute Gasteiger partial charge is 0.238 e. The van der Waals surface area contributed by atoms with Gasteiger partial charge in [0.15, 0.2) is 0 Å². The smallest absolute Gasteiger partial charge is 0.225 e. The molecule has 7 heteroatoms. The molecule has 126 valence electrons. The standard InChI is InChI=1S/C18H14ClN3O2S/c1-2-11-22-12-16(13-7-9-14(19)10-8-13)18(21-22)15-5-3-4-6-17(15)25(20,23)24/h3-10,12H,1H3,(H2,20,23,24). The molecule has 3 rings (SSSR count). The fourth-order valence-electron chi connectivity index (χ4n) is 2.50. The maximum atomic E-state index is 11.9. The second-order valence-electron chi connectivity index (χ2n) is 5.25. The van der Waals surface area contributed by atoms with Gasteiger partial charge >= 0.3 is 0 Å². The Hall–Kier alpha value is -2.59. The summed E-state index contributed by atoms with van der Waals surface area (Å²) in [5.74, 6) is 2.77. The molecule has 0 aliphatic heterocycles. The highest BCUT2D eigenvalue weighted by atomic mass is 35.5. The van der Waals surface area contributed by atoms with Crippen LogP contribution in [0.15, 0.2) is 59.6 Å². The molecular weight excluding hydrogens is 358 g/mol. The first-order valence-corrected chi connectivity index (χ1v) is 9.23. The van der Waals surface area contributed by atoms with E-state index in [1.807, 2.05) is 12.1 Å². The zero-order chi connectivity index (χ0) is 18.0. The zero-order valence-electron chi connectivity index (χ0n) is 13.3. The molecule has 0 unspecified atom stereocenters. The predicted octanol–water partition coefficient (Wildman–Crippen LogP) is 3.35. The second-order valence-corrected chi connectivity index (χ2v) is 7.21. The third kappa shape index (κ3) is 3.59. The summed E-state index contributed by atoms with van der Waals surface area (Å²) in [6, 6.07) is 16.5. The van der Waals surface area contributed by atoms with E-state index < -0.39 is 10.0 Å². The molecule has 3 aromatic rings. The van der Waals surface area contributed by atoms with Crippen molar-refractivity contribution < 1.29 is 8.42 Å². The van der Waals surface area contributed by atoms with Crippen LogP contribution in [-0.4, -0.2) is 18.2 Å². The van der Waals surface area contributed by atoms with Gasteiger partial charge in [-0.25, -0.2) is 13.6 Å². The Morgan fingerprint density at radius 3 is 2.40 bits per heavy atom. The van der Waals surface area contributed by atoms with Gasteiger partial charge in [0, 0.05) is 28.4 Å². The molecule has 1 heterocycles. The van der Waals surface area contributed by atoms with E-state index in [0.717, 1.165) is 11.1 Å². The molecule has 0 radical (unpaired) electrons. The van der Waals surface area contributed by atoms with Gasteiger partial charge in [-0.2, -0.15) is 9.78 Å². The van der Waals surface area contributed by atoms with Crippen molar-refractivity contribution in [3.05, 3.63) is 59.8 Å². The summed E-state index contributed by atoms with van der Waals surface area (Å²) in [5, 5.41) is 10.4. The Morgan fingerprint density at radius 1 is 1.08 bits per heavy atom. The SMILES string of the molecule is CC#Cn1cc(-c2ccc(Cl)cc2)c(-c2ccccc2S(N)(=O)=O)n1. The average molecular weight is 372 g/mol. The normalized spacial score (nSPS) is 11.0. The van der Waals surface area contributed by atoms with E-state index in [0.29, 0.717) is 16.3 Å². The van der Waals surface area contributed by atoms with Crippen LogP contribution in [0, 0.1) is 12.0 Å². The monoisotopic (exact) mass is 371 g/mol. The van der Waals surface area contributed by atoms with Crippen molar-refractivity contribution in [2.75, 3.05) is 0 Å². The Balaban J connectivity index is 2.30. The summed E-state index contributed by atoms with van der Waals surface area (Å²) < 4.78 is 25.4. The Labute approximate surface area is 151 Å². The molecule has 2 aromatic carbocycles. The van der Waals surface area contributed by atoms with Gasteiger partial charge in [0.05, 0.1) is 4.90 Å². The fraction of sp³-hybridized carbons (Fsp3) is 0.0556. The minimum Gasteiger partial charge on any atom is -0.225 e. The van der Waals surface area contributed by atoms with Gasteiger partial charge in [0.2, 0.25) is 10.0 Å². The lowest BCUT2D eigenvalue weighted by Crippen LogP contribution is -2.13. The van der Waals surface area contributed by atoms with Gasteiger partial charge in [-0.1, -0.05) is 47.9 Å². The highest BCUT2D eigenvalue weighted by molar-refractivity contribution is 7.89. The first kappa shape index (κ1) is 17.2. The van der Waals surface area contributed by atoms with E-state index in [2.05, 4.69) is 17.1 Å². The molecule has 0 aliphatic rings. The van der Waals surface area contributed by atoms with Crippen LogP contribution in [0.2, 0.25) is 5.02 Å². The minimum absolute atomic E-state index is 0.0138. The molecular formula is C18H14ClN3O2S. The van der Waals surface area contributed by atoms with Crippen LogP contribution in [0.25, 0.3) is 22.4 Å². The summed E-state index contributed by atoms with van der Waals surface area (Å²) in [5.41, 5.74) is 2.48. The number of aromatic nitrogens is 2. The van der Waals surface area contributed by atoms with Crippen molar-refractivity contribution >= 4 is 21.6 Å². The Kier molecular flexibility index (Phi) is 4.64. The van der Waals surface area contributed by atoms with Crippen LogP contribution in [0.1, 0.15) is 6.92 Å². The summed E-state index contributed by atoms with van der Waals surface area (Å²) >= 11 is 5.96. The maximum absolute atomic E-state index is 11.9. The van der Waals surface area contributed by atoms with Crippen LogP contribution in [0.4, 0.5) is 0 Å². The number of benzene rings is 2. The number of hydrogen-bond donors (Lipinski definition) is 1. The van der Waals surface area contributed by atoms with Crippen LogP contribution in [0.3, 0.4) is 0 Å². The minimum atomic E-state index is -3.90. The van der Waals surface area contributed by atoms with Gasteiger partial charge in [0.25, 0.3) is 0 Å². The van der Waals surface area contributed by atoms with Gasteiger partial charge in [-0.3, -0.25) is 0 Å². The molecule has 0 bridgehead atoms. The quantitative estimate of drug-likeness (QED) is 0.717. The van der Waals surface area contributed by atoms with Crippen molar-refractivity contribution in [2.45, 2.75) is 11.8 Å². The van der Waals surface area contributed by atoms with Gasteiger partial charge < -0.3 is 0 Å². The van der Waals surface area contributed by atoms with Crippen LogP contribution in [0.5, 0.6) is 0 Å². The molecule has 0 saturated heterocycles. The first-order valence-electron chi connectivity index (χ1n) is 7.30. The van der Waals surface area contributed by atoms with E-state index in [1.54, 1.807) is 43.5 Å². The van der Waals surface area contributed by atoms with Crippen molar-refractivity contribution in [2.24, 2.45) is 5.14 Å². The maximum Gasteiger partial charge on any atom is 0.238 e. The molecule has 0 spiro atoms. The van der Waals surface area contributed by atoms with Crippen LogP contribution < -0.4 is 5.14 Å². The summed E-state index contributed by atoms with van der Waals surface area (Å²) in [6.45, 7) is 1.70. The number of rotatable bonds is 3. The topological polar surface area (TPSA) is 78.0 Å².